The maximum Gasteiger partial charge on any atom is 0.340 e. The monoisotopic (exact) mass is 729 g/mol. The van der Waals surface area contributed by atoms with E-state index in [2.05, 4.69) is 5.10 Å². The minimum Gasteiger partial charge on any atom is -0.494 e. The van der Waals surface area contributed by atoms with Gasteiger partial charge in [0.1, 0.15) is 28.6 Å². The molecule has 0 spiro atoms. The van der Waals surface area contributed by atoms with Gasteiger partial charge in [0.2, 0.25) is 0 Å². The first kappa shape index (κ1) is 34.6. The Morgan fingerprint density at radius 1 is 1.06 bits per heavy atom. The van der Waals surface area contributed by atoms with E-state index >= 15 is 4.39 Å². The average molecular weight is 731 g/mol. The second kappa shape index (κ2) is 12.8. The van der Waals surface area contributed by atoms with E-state index in [9.17, 15) is 14.7 Å². The number of hydrogen-bond donors (Lipinski definition) is 1. The SMILES string of the molecule is Cc1cc(OCCCc2c3n(c4c(-c5c(C)nn(C)c5C)c(Cl)ccc24)C(C)CN(c2c(C(=O)O)c4c(F)cccc4n2C)C3=O)cc(C)c1Cl. The fraction of sp³-hybridized carbons (Fsp3) is 0.308. The molecule has 3 aromatic carbocycles. The van der Waals surface area contributed by atoms with Crippen molar-refractivity contribution in [3.63, 3.8) is 0 Å². The van der Waals surface area contributed by atoms with E-state index in [-0.39, 0.29) is 35.3 Å². The van der Waals surface area contributed by atoms with Crippen LogP contribution < -0.4 is 9.64 Å². The fourth-order valence-electron chi connectivity index (χ4n) is 7.86. The molecule has 0 bridgehead atoms. The Hall–Kier alpha value is -4.80. The zero-order valence-electron chi connectivity index (χ0n) is 29.5. The molecule has 3 aromatic heterocycles. The van der Waals surface area contributed by atoms with Crippen LogP contribution in [0.15, 0.2) is 42.5 Å². The number of anilines is 1. The van der Waals surface area contributed by atoms with Crippen LogP contribution in [0, 0.1) is 33.5 Å². The summed E-state index contributed by atoms with van der Waals surface area (Å²) in [5.74, 6) is -1.49. The number of aromatic nitrogens is 4. The number of amides is 1. The molecule has 0 radical (unpaired) electrons. The number of ether oxygens (including phenoxy) is 1. The summed E-state index contributed by atoms with van der Waals surface area (Å²) in [5, 5.41) is 17.2. The van der Waals surface area contributed by atoms with Gasteiger partial charge in [-0.25, -0.2) is 9.18 Å². The molecule has 12 heteroatoms. The standard InChI is InChI=1S/C39H38Cl2FN5O4/c1-19-16-24(17-20(2)34(19)41)51-15-9-10-25-26-13-14-27(40)31(30-22(4)43-45(7)23(30)5)35(26)47-21(3)18-46(38(48)36(25)47)37-33(39(49)50)32-28(42)11-8-12-29(32)44(37)6/h8,11-14,16-17,21H,9-10,15,18H2,1-7H3,(H,49,50). The topological polar surface area (TPSA) is 94.5 Å². The van der Waals surface area contributed by atoms with Crippen LogP contribution in [0.25, 0.3) is 32.9 Å². The predicted molar refractivity (Wildman–Crippen MR) is 200 cm³/mol. The number of fused-ring (bicyclic) bond motifs is 4. The molecule has 4 heterocycles. The maximum absolute atomic E-state index is 15.2. The second-order valence-electron chi connectivity index (χ2n) is 13.5. The summed E-state index contributed by atoms with van der Waals surface area (Å²) < 4.78 is 26.9. The molecule has 1 unspecified atom stereocenters. The van der Waals surface area contributed by atoms with Crippen molar-refractivity contribution < 1.29 is 23.8 Å². The maximum atomic E-state index is 15.2. The van der Waals surface area contributed by atoms with Crippen LogP contribution in [-0.2, 0) is 20.5 Å². The lowest BCUT2D eigenvalue weighted by Crippen LogP contribution is -2.44. The summed E-state index contributed by atoms with van der Waals surface area (Å²) in [4.78, 5) is 29.3. The third-order valence-corrected chi connectivity index (χ3v) is 11.1. The summed E-state index contributed by atoms with van der Waals surface area (Å²) in [6.07, 6.45) is 1.06. The number of hydrogen-bond acceptors (Lipinski definition) is 4. The van der Waals surface area contributed by atoms with Crippen LogP contribution in [0.1, 0.15) is 68.3 Å². The van der Waals surface area contributed by atoms with Crippen LogP contribution >= 0.6 is 23.2 Å². The highest BCUT2D eigenvalue weighted by Gasteiger charge is 2.40. The van der Waals surface area contributed by atoms with Crippen molar-refractivity contribution in [2.45, 2.75) is 53.5 Å². The first-order valence-corrected chi connectivity index (χ1v) is 17.6. The van der Waals surface area contributed by atoms with Crippen molar-refractivity contribution >= 4 is 62.7 Å². The molecule has 0 fully saturated rings. The summed E-state index contributed by atoms with van der Waals surface area (Å²) in [7, 11) is 3.55. The predicted octanol–water partition coefficient (Wildman–Crippen LogP) is 9.14. The molecule has 264 valence electrons. The number of benzene rings is 3. The molecule has 1 aliphatic heterocycles. The van der Waals surface area contributed by atoms with E-state index in [4.69, 9.17) is 27.9 Å². The van der Waals surface area contributed by atoms with Crippen molar-refractivity contribution in [2.24, 2.45) is 14.1 Å². The summed E-state index contributed by atoms with van der Waals surface area (Å²) in [6, 6.07) is 11.7. The molecule has 51 heavy (non-hydrogen) atoms. The van der Waals surface area contributed by atoms with E-state index < -0.39 is 11.8 Å². The zero-order chi connectivity index (χ0) is 36.6. The quantitative estimate of drug-likeness (QED) is 0.158. The summed E-state index contributed by atoms with van der Waals surface area (Å²) >= 11 is 13.4. The number of carboxylic acid groups (broad SMARTS) is 1. The van der Waals surface area contributed by atoms with E-state index in [0.29, 0.717) is 40.7 Å². The molecule has 1 atom stereocenters. The minimum atomic E-state index is -1.31. The lowest BCUT2D eigenvalue weighted by atomic mass is 9.98. The van der Waals surface area contributed by atoms with Gasteiger partial charge >= 0.3 is 5.97 Å². The Morgan fingerprint density at radius 2 is 1.76 bits per heavy atom. The van der Waals surface area contributed by atoms with Crippen molar-refractivity contribution in [2.75, 3.05) is 18.1 Å². The van der Waals surface area contributed by atoms with Gasteiger partial charge in [0.25, 0.3) is 5.91 Å². The summed E-state index contributed by atoms with van der Waals surface area (Å²) in [6.45, 7) is 10.3. The highest BCUT2D eigenvalue weighted by atomic mass is 35.5. The van der Waals surface area contributed by atoms with Gasteiger partial charge in [0, 0.05) is 53.9 Å². The molecule has 1 amide bonds. The Morgan fingerprint density at radius 3 is 2.41 bits per heavy atom. The number of halogens is 3. The molecular formula is C39H38Cl2FN5O4. The van der Waals surface area contributed by atoms with Gasteiger partial charge in [-0.05, 0) is 94.5 Å². The number of nitrogens with zero attached hydrogens (tertiary/aromatic N) is 5. The molecule has 1 aliphatic rings. The second-order valence-corrected chi connectivity index (χ2v) is 14.3. The van der Waals surface area contributed by atoms with Crippen LogP contribution in [-0.4, -0.2) is 49.0 Å². The first-order valence-electron chi connectivity index (χ1n) is 16.8. The number of aryl methyl sites for hydroxylation is 6. The van der Waals surface area contributed by atoms with Crippen LogP contribution in [0.4, 0.5) is 10.2 Å². The van der Waals surface area contributed by atoms with Gasteiger partial charge in [-0.1, -0.05) is 35.3 Å². The number of carbonyl (C=O) groups excluding carboxylic acids is 1. The highest BCUT2D eigenvalue weighted by molar-refractivity contribution is 6.35. The van der Waals surface area contributed by atoms with Crippen molar-refractivity contribution in [3.05, 3.63) is 97.7 Å². The van der Waals surface area contributed by atoms with Gasteiger partial charge in [-0.3, -0.25) is 14.4 Å². The van der Waals surface area contributed by atoms with E-state index in [1.165, 1.54) is 17.0 Å². The van der Waals surface area contributed by atoms with E-state index in [1.807, 2.05) is 75.2 Å². The zero-order valence-corrected chi connectivity index (χ0v) is 31.0. The van der Waals surface area contributed by atoms with Gasteiger partial charge in [-0.2, -0.15) is 5.10 Å². The van der Waals surface area contributed by atoms with E-state index in [1.54, 1.807) is 17.7 Å². The highest BCUT2D eigenvalue weighted by Crippen LogP contribution is 2.46. The van der Waals surface area contributed by atoms with Gasteiger partial charge in [-0.15, -0.1) is 0 Å². The third-order valence-electron chi connectivity index (χ3n) is 10.2. The lowest BCUT2D eigenvalue weighted by molar-refractivity contribution is 0.0699. The largest absolute Gasteiger partial charge is 0.494 e. The molecule has 1 N–H and O–H groups in total. The number of aromatic carboxylic acids is 1. The molecule has 0 saturated heterocycles. The van der Waals surface area contributed by atoms with Crippen LogP contribution in [0.2, 0.25) is 10.0 Å². The van der Waals surface area contributed by atoms with Crippen LogP contribution in [0.5, 0.6) is 5.75 Å². The molecule has 6 aromatic rings. The van der Waals surface area contributed by atoms with Crippen molar-refractivity contribution in [1.29, 1.82) is 0 Å². The van der Waals surface area contributed by atoms with Crippen LogP contribution in [0.3, 0.4) is 0 Å². The van der Waals surface area contributed by atoms with Gasteiger partial charge in [0.15, 0.2) is 0 Å². The average Bonchev–Trinajstić information content (AvgIpc) is 3.66. The fourth-order valence-corrected chi connectivity index (χ4v) is 8.22. The number of carboxylic acids is 1. The van der Waals surface area contributed by atoms with Gasteiger partial charge < -0.3 is 19.0 Å². The normalized spacial score (nSPS) is 14.6. The number of rotatable bonds is 8. The van der Waals surface area contributed by atoms with Crippen molar-refractivity contribution in [1.82, 2.24) is 18.9 Å². The Kier molecular flexibility index (Phi) is 8.66. The molecule has 7 rings (SSSR count). The Bertz CT molecular complexity index is 2420. The molecule has 9 nitrogen and oxygen atoms in total. The lowest BCUT2D eigenvalue weighted by Gasteiger charge is -2.34. The molecule has 0 saturated carbocycles. The molecular weight excluding hydrogens is 692 g/mol. The Labute approximate surface area is 304 Å². The summed E-state index contributed by atoms with van der Waals surface area (Å²) in [5.41, 5.74) is 7.49. The minimum absolute atomic E-state index is 0.0317. The number of carbonyl (C=O) groups is 2. The first-order chi connectivity index (χ1) is 24.2. The Balaban J connectivity index is 1.41. The van der Waals surface area contributed by atoms with E-state index in [0.717, 1.165) is 55.9 Å². The molecule has 0 aliphatic carbocycles. The van der Waals surface area contributed by atoms with Gasteiger partial charge in [0.05, 0.1) is 33.7 Å². The third kappa shape index (κ3) is 5.38. The van der Waals surface area contributed by atoms with Crippen molar-refractivity contribution in [3.8, 4) is 16.9 Å². The smallest absolute Gasteiger partial charge is 0.340 e.